The van der Waals surface area contributed by atoms with Crippen LogP contribution in [0.25, 0.3) is 0 Å². The van der Waals surface area contributed by atoms with E-state index in [1.807, 2.05) is 0 Å². The number of rotatable bonds is 10. The molecule has 0 unspecified atom stereocenters. The number of ether oxygens (including phenoxy) is 3. The van der Waals surface area contributed by atoms with E-state index >= 15 is 0 Å². The molecular weight excluding hydrogens is 422 g/mol. The second-order valence-corrected chi connectivity index (χ2v) is 7.99. The molecule has 0 radical (unpaired) electrons. The van der Waals surface area contributed by atoms with Crippen LogP contribution in [0.5, 0.6) is 17.2 Å². The summed E-state index contributed by atoms with van der Waals surface area (Å²) in [6.07, 6.45) is 0. The van der Waals surface area contributed by atoms with Crippen LogP contribution in [0, 0.1) is 0 Å². The van der Waals surface area contributed by atoms with Crippen molar-refractivity contribution in [2.24, 2.45) is 0 Å². The molecule has 0 bridgehead atoms. The minimum atomic E-state index is -3.81. The first-order valence-electron chi connectivity index (χ1n) is 9.24. The third kappa shape index (κ3) is 5.89. The van der Waals surface area contributed by atoms with Gasteiger partial charge in [0.2, 0.25) is 0 Å². The number of hydrogen-bond donors (Lipinski definition) is 2. The molecule has 31 heavy (non-hydrogen) atoms. The van der Waals surface area contributed by atoms with Crippen LogP contribution >= 0.6 is 0 Å². The van der Waals surface area contributed by atoms with Gasteiger partial charge in [0, 0.05) is 0 Å². The number of carbonyl (C=O) groups is 1. The van der Waals surface area contributed by atoms with E-state index in [-0.39, 0.29) is 23.7 Å². The minimum Gasteiger partial charge on any atom is -0.497 e. The van der Waals surface area contributed by atoms with Crippen LogP contribution in [0.2, 0.25) is 0 Å². The molecule has 0 spiro atoms. The van der Waals surface area contributed by atoms with E-state index in [1.165, 1.54) is 31.4 Å². The molecule has 0 heterocycles. The molecule has 0 aliphatic carbocycles. The highest BCUT2D eigenvalue weighted by Gasteiger charge is 2.16. The fourth-order valence-corrected chi connectivity index (χ4v) is 3.71. The van der Waals surface area contributed by atoms with Gasteiger partial charge in [0.25, 0.3) is 10.0 Å². The van der Waals surface area contributed by atoms with E-state index in [9.17, 15) is 13.2 Å². The predicted octanol–water partition coefficient (Wildman–Crippen LogP) is 3.65. The number of anilines is 1. The number of carboxylic acid groups (broad SMARTS) is 1. The maximum absolute atomic E-state index is 12.7. The molecule has 0 saturated heterocycles. The standard InChI is InChI=1S/C22H21NO7S/c1-28-17-10-12-19(13-11-17)31(26,27)23-20-4-2-3-5-21(20)30-15-14-29-18-8-6-16(7-9-18)22(24)25/h2-13,23H,14-15H2,1H3,(H,24,25). The Morgan fingerprint density at radius 3 is 2.13 bits per heavy atom. The number of benzene rings is 3. The van der Waals surface area contributed by atoms with E-state index in [4.69, 9.17) is 19.3 Å². The fourth-order valence-electron chi connectivity index (χ4n) is 2.64. The second-order valence-electron chi connectivity index (χ2n) is 6.30. The number of nitrogens with one attached hydrogen (secondary N) is 1. The quantitative estimate of drug-likeness (QED) is 0.460. The molecule has 0 aromatic heterocycles. The lowest BCUT2D eigenvalue weighted by Crippen LogP contribution is -2.15. The van der Waals surface area contributed by atoms with E-state index < -0.39 is 16.0 Å². The van der Waals surface area contributed by atoms with E-state index in [0.29, 0.717) is 22.9 Å². The topological polar surface area (TPSA) is 111 Å². The lowest BCUT2D eigenvalue weighted by atomic mass is 10.2. The zero-order chi connectivity index (χ0) is 22.3. The Bertz CT molecular complexity index is 1130. The molecule has 0 saturated carbocycles. The number of para-hydroxylation sites is 2. The molecule has 0 atom stereocenters. The van der Waals surface area contributed by atoms with E-state index in [2.05, 4.69) is 4.72 Å². The van der Waals surface area contributed by atoms with Gasteiger partial charge in [-0.05, 0) is 60.7 Å². The molecule has 0 amide bonds. The molecule has 0 fully saturated rings. The summed E-state index contributed by atoms with van der Waals surface area (Å²) < 4.78 is 44.1. The third-order valence-corrected chi connectivity index (χ3v) is 5.59. The van der Waals surface area contributed by atoms with Gasteiger partial charge in [-0.25, -0.2) is 13.2 Å². The lowest BCUT2D eigenvalue weighted by Gasteiger charge is -2.14. The van der Waals surface area contributed by atoms with Gasteiger partial charge in [0.1, 0.15) is 30.5 Å². The summed E-state index contributed by atoms with van der Waals surface area (Å²) in [6, 6.07) is 18.7. The van der Waals surface area contributed by atoms with Gasteiger partial charge in [0.15, 0.2) is 0 Å². The Balaban J connectivity index is 1.60. The number of hydrogen-bond acceptors (Lipinski definition) is 6. The maximum atomic E-state index is 12.7. The number of carboxylic acids is 1. The lowest BCUT2D eigenvalue weighted by molar-refractivity contribution is 0.0697. The monoisotopic (exact) mass is 443 g/mol. The van der Waals surface area contributed by atoms with Crippen molar-refractivity contribution in [3.63, 3.8) is 0 Å². The summed E-state index contributed by atoms with van der Waals surface area (Å²) in [5.41, 5.74) is 0.464. The Kier molecular flexibility index (Phi) is 6.99. The minimum absolute atomic E-state index is 0.0937. The van der Waals surface area contributed by atoms with Gasteiger partial charge >= 0.3 is 5.97 Å². The maximum Gasteiger partial charge on any atom is 0.335 e. The van der Waals surface area contributed by atoms with Crippen LogP contribution in [0.15, 0.2) is 77.7 Å². The first-order valence-corrected chi connectivity index (χ1v) is 10.7. The number of sulfonamides is 1. The van der Waals surface area contributed by atoms with Crippen LogP contribution in [-0.2, 0) is 10.0 Å². The SMILES string of the molecule is COc1ccc(S(=O)(=O)Nc2ccccc2OCCOc2ccc(C(=O)O)cc2)cc1. The average Bonchev–Trinajstić information content (AvgIpc) is 2.78. The van der Waals surface area contributed by atoms with Crippen molar-refractivity contribution in [3.05, 3.63) is 78.4 Å². The van der Waals surface area contributed by atoms with Crippen molar-refractivity contribution in [1.29, 1.82) is 0 Å². The average molecular weight is 443 g/mol. The Morgan fingerprint density at radius 2 is 1.48 bits per heavy atom. The molecule has 162 valence electrons. The molecule has 8 nitrogen and oxygen atoms in total. The summed E-state index contributed by atoms with van der Waals surface area (Å²) in [5, 5.41) is 8.90. The summed E-state index contributed by atoms with van der Waals surface area (Å²) in [4.78, 5) is 11.0. The molecule has 3 aromatic carbocycles. The number of aromatic carboxylic acids is 1. The van der Waals surface area contributed by atoms with Crippen molar-refractivity contribution >= 4 is 21.7 Å². The second kappa shape index (κ2) is 9.86. The van der Waals surface area contributed by atoms with Crippen molar-refractivity contribution in [3.8, 4) is 17.2 Å². The third-order valence-electron chi connectivity index (χ3n) is 4.21. The summed E-state index contributed by atoms with van der Waals surface area (Å²) >= 11 is 0. The predicted molar refractivity (Wildman–Crippen MR) is 115 cm³/mol. The van der Waals surface area contributed by atoms with Crippen molar-refractivity contribution in [1.82, 2.24) is 0 Å². The molecule has 0 aliphatic rings. The van der Waals surface area contributed by atoms with Gasteiger partial charge in [-0.15, -0.1) is 0 Å². The summed E-state index contributed by atoms with van der Waals surface area (Å²) in [5.74, 6) is 0.398. The van der Waals surface area contributed by atoms with Crippen LogP contribution < -0.4 is 18.9 Å². The van der Waals surface area contributed by atoms with Crippen LogP contribution in [0.3, 0.4) is 0 Å². The van der Waals surface area contributed by atoms with Crippen molar-refractivity contribution in [2.45, 2.75) is 4.90 Å². The van der Waals surface area contributed by atoms with Crippen molar-refractivity contribution in [2.75, 3.05) is 25.0 Å². The van der Waals surface area contributed by atoms with Crippen LogP contribution in [0.4, 0.5) is 5.69 Å². The molecule has 9 heteroatoms. The van der Waals surface area contributed by atoms with E-state index in [1.54, 1.807) is 48.5 Å². The summed E-state index contributed by atoms with van der Waals surface area (Å²) in [7, 11) is -2.31. The van der Waals surface area contributed by atoms with Crippen LogP contribution in [0.1, 0.15) is 10.4 Å². The molecule has 2 N–H and O–H groups in total. The Labute approximate surface area is 180 Å². The van der Waals surface area contributed by atoms with E-state index in [0.717, 1.165) is 0 Å². The molecule has 0 aliphatic heterocycles. The van der Waals surface area contributed by atoms with Crippen molar-refractivity contribution < 1.29 is 32.5 Å². The molecule has 3 rings (SSSR count). The highest BCUT2D eigenvalue weighted by Crippen LogP contribution is 2.27. The molecular formula is C22H21NO7S. The number of methoxy groups -OCH3 is 1. The zero-order valence-corrected chi connectivity index (χ0v) is 17.5. The summed E-state index contributed by atoms with van der Waals surface area (Å²) in [6.45, 7) is 0.341. The smallest absolute Gasteiger partial charge is 0.335 e. The first-order chi connectivity index (χ1) is 14.9. The van der Waals surface area contributed by atoms with Crippen LogP contribution in [-0.4, -0.2) is 39.8 Å². The largest absolute Gasteiger partial charge is 0.497 e. The van der Waals surface area contributed by atoms with Gasteiger partial charge < -0.3 is 19.3 Å². The highest BCUT2D eigenvalue weighted by molar-refractivity contribution is 7.92. The zero-order valence-electron chi connectivity index (χ0n) is 16.6. The van der Waals surface area contributed by atoms with Gasteiger partial charge in [-0.1, -0.05) is 12.1 Å². The fraction of sp³-hybridized carbons (Fsp3) is 0.136. The normalized spacial score (nSPS) is 10.9. The highest BCUT2D eigenvalue weighted by atomic mass is 32.2. The first kappa shape index (κ1) is 22.0. The molecule has 3 aromatic rings. The van der Waals surface area contributed by atoms with Gasteiger partial charge in [-0.2, -0.15) is 0 Å². The van der Waals surface area contributed by atoms with Gasteiger partial charge in [0.05, 0.1) is 23.3 Å². The Hall–Kier alpha value is -3.72. The Morgan fingerprint density at radius 1 is 0.871 bits per heavy atom. The van der Waals surface area contributed by atoms with Gasteiger partial charge in [-0.3, -0.25) is 4.72 Å².